The van der Waals surface area contributed by atoms with Crippen LogP contribution >= 0.6 is 11.6 Å². The Labute approximate surface area is 121 Å². The molecule has 0 aliphatic carbocycles. The zero-order valence-corrected chi connectivity index (χ0v) is 11.4. The highest BCUT2D eigenvalue weighted by molar-refractivity contribution is 6.32. The Morgan fingerprint density at radius 1 is 1.15 bits per heavy atom. The van der Waals surface area contributed by atoms with Gasteiger partial charge in [0.2, 0.25) is 0 Å². The summed E-state index contributed by atoms with van der Waals surface area (Å²) in [7, 11) is 0. The predicted octanol–water partition coefficient (Wildman–Crippen LogP) is 3.60. The van der Waals surface area contributed by atoms with Gasteiger partial charge < -0.3 is 10.4 Å². The number of carbonyl (C=O) groups excluding carboxylic acids is 1. The smallest absolute Gasteiger partial charge is 0.335 e. The van der Waals surface area contributed by atoms with Crippen LogP contribution in [0.3, 0.4) is 0 Å². The molecule has 0 aliphatic heterocycles. The molecule has 0 bridgehead atoms. The van der Waals surface area contributed by atoms with Crippen LogP contribution in [0.25, 0.3) is 0 Å². The molecule has 0 saturated heterocycles. The van der Waals surface area contributed by atoms with Gasteiger partial charge in [0, 0.05) is 16.3 Å². The van der Waals surface area contributed by atoms with Crippen LogP contribution in [0.2, 0.25) is 5.02 Å². The number of carboxylic acids is 1. The van der Waals surface area contributed by atoms with Crippen molar-refractivity contribution in [2.45, 2.75) is 6.92 Å². The van der Waals surface area contributed by atoms with E-state index in [1.807, 2.05) is 0 Å². The van der Waals surface area contributed by atoms with Crippen LogP contribution in [0.15, 0.2) is 42.5 Å². The number of hydrogen-bond donors (Lipinski definition) is 2. The third-order valence-corrected chi connectivity index (χ3v) is 3.29. The Balaban J connectivity index is 2.26. The largest absolute Gasteiger partial charge is 0.478 e. The van der Waals surface area contributed by atoms with Crippen LogP contribution in [0, 0.1) is 6.92 Å². The van der Waals surface area contributed by atoms with Gasteiger partial charge in [-0.15, -0.1) is 0 Å². The van der Waals surface area contributed by atoms with Gasteiger partial charge in [0.05, 0.1) is 5.56 Å². The fourth-order valence-corrected chi connectivity index (χ4v) is 1.96. The van der Waals surface area contributed by atoms with Crippen LogP contribution in [-0.2, 0) is 0 Å². The van der Waals surface area contributed by atoms with Crippen LogP contribution in [0.5, 0.6) is 0 Å². The summed E-state index contributed by atoms with van der Waals surface area (Å²) in [6.07, 6.45) is 0. The quantitative estimate of drug-likeness (QED) is 0.907. The lowest BCUT2D eigenvalue weighted by molar-refractivity contribution is 0.0696. The highest BCUT2D eigenvalue weighted by Crippen LogP contribution is 2.20. The van der Waals surface area contributed by atoms with Gasteiger partial charge in [0.15, 0.2) is 0 Å². The number of benzene rings is 2. The van der Waals surface area contributed by atoms with E-state index < -0.39 is 5.97 Å². The van der Waals surface area contributed by atoms with Crippen LogP contribution in [0.1, 0.15) is 26.3 Å². The molecule has 4 nitrogen and oxygen atoms in total. The number of amides is 1. The van der Waals surface area contributed by atoms with Gasteiger partial charge in [-0.25, -0.2) is 4.79 Å². The number of carboxylic acid groups (broad SMARTS) is 1. The average molecular weight is 290 g/mol. The zero-order chi connectivity index (χ0) is 14.7. The molecule has 0 spiro atoms. The molecular formula is C15H12ClNO3. The summed E-state index contributed by atoms with van der Waals surface area (Å²) in [5.74, 6) is -1.37. The molecule has 0 fully saturated rings. The molecule has 0 radical (unpaired) electrons. The van der Waals surface area contributed by atoms with E-state index >= 15 is 0 Å². The molecule has 0 heterocycles. The molecule has 0 unspecified atom stereocenters. The van der Waals surface area contributed by atoms with Crippen molar-refractivity contribution >= 4 is 29.2 Å². The van der Waals surface area contributed by atoms with Gasteiger partial charge in [0.25, 0.3) is 5.91 Å². The standard InChI is InChI=1S/C15H12ClNO3/c1-9-12(6-3-7-13(9)16)14(18)17-11-5-2-4-10(8-11)15(19)20/h2-8H,1H3,(H,17,18)(H,19,20). The van der Waals surface area contributed by atoms with Crippen molar-refractivity contribution in [3.63, 3.8) is 0 Å². The predicted molar refractivity (Wildman–Crippen MR) is 77.5 cm³/mol. The first-order valence-corrected chi connectivity index (χ1v) is 6.26. The second kappa shape index (κ2) is 5.75. The molecule has 0 aliphatic rings. The van der Waals surface area contributed by atoms with Crippen molar-refractivity contribution in [2.24, 2.45) is 0 Å². The number of carbonyl (C=O) groups is 2. The van der Waals surface area contributed by atoms with E-state index in [0.717, 1.165) is 0 Å². The maximum absolute atomic E-state index is 12.2. The fraction of sp³-hybridized carbons (Fsp3) is 0.0667. The van der Waals surface area contributed by atoms with Crippen molar-refractivity contribution in [1.82, 2.24) is 0 Å². The molecule has 5 heteroatoms. The maximum atomic E-state index is 12.2. The first-order chi connectivity index (χ1) is 9.49. The first kappa shape index (κ1) is 14.1. The number of nitrogens with one attached hydrogen (secondary N) is 1. The molecule has 102 valence electrons. The average Bonchev–Trinajstić information content (AvgIpc) is 2.42. The molecule has 2 rings (SSSR count). The fourth-order valence-electron chi connectivity index (χ4n) is 1.78. The lowest BCUT2D eigenvalue weighted by atomic mass is 10.1. The molecule has 2 aromatic rings. The summed E-state index contributed by atoms with van der Waals surface area (Å²) in [4.78, 5) is 23.0. The van der Waals surface area contributed by atoms with Crippen LogP contribution in [0.4, 0.5) is 5.69 Å². The Morgan fingerprint density at radius 2 is 1.85 bits per heavy atom. The number of anilines is 1. The van der Waals surface area contributed by atoms with Crippen LogP contribution in [-0.4, -0.2) is 17.0 Å². The third-order valence-electron chi connectivity index (χ3n) is 2.88. The van der Waals surface area contributed by atoms with E-state index in [-0.39, 0.29) is 11.5 Å². The topological polar surface area (TPSA) is 66.4 Å². The second-order valence-electron chi connectivity index (χ2n) is 4.25. The SMILES string of the molecule is Cc1c(Cl)cccc1C(=O)Nc1cccc(C(=O)O)c1. The number of aromatic carboxylic acids is 1. The summed E-state index contributed by atoms with van der Waals surface area (Å²) in [5.41, 5.74) is 1.68. The number of halogens is 1. The summed E-state index contributed by atoms with van der Waals surface area (Å²) in [5, 5.41) is 12.1. The lowest BCUT2D eigenvalue weighted by Gasteiger charge is -2.09. The Hall–Kier alpha value is -2.33. The molecule has 2 aromatic carbocycles. The van der Waals surface area contributed by atoms with Crippen molar-refractivity contribution in [3.8, 4) is 0 Å². The summed E-state index contributed by atoms with van der Waals surface area (Å²) >= 11 is 5.97. The van der Waals surface area contributed by atoms with E-state index in [4.69, 9.17) is 16.7 Å². The van der Waals surface area contributed by atoms with Crippen LogP contribution < -0.4 is 5.32 Å². The second-order valence-corrected chi connectivity index (χ2v) is 4.66. The van der Waals surface area contributed by atoms with E-state index in [0.29, 0.717) is 21.8 Å². The molecule has 0 atom stereocenters. The zero-order valence-electron chi connectivity index (χ0n) is 10.7. The van der Waals surface area contributed by atoms with E-state index in [2.05, 4.69) is 5.32 Å². The van der Waals surface area contributed by atoms with Crippen molar-refractivity contribution < 1.29 is 14.7 Å². The lowest BCUT2D eigenvalue weighted by Crippen LogP contribution is -2.14. The summed E-state index contributed by atoms with van der Waals surface area (Å²) in [6.45, 7) is 1.75. The van der Waals surface area contributed by atoms with Gasteiger partial charge >= 0.3 is 5.97 Å². The minimum atomic E-state index is -1.04. The minimum Gasteiger partial charge on any atom is -0.478 e. The third kappa shape index (κ3) is 2.97. The van der Waals surface area contributed by atoms with E-state index in [1.54, 1.807) is 37.3 Å². The Kier molecular flexibility index (Phi) is 4.05. The molecule has 0 saturated carbocycles. The van der Waals surface area contributed by atoms with E-state index in [1.165, 1.54) is 12.1 Å². The highest BCUT2D eigenvalue weighted by atomic mass is 35.5. The number of rotatable bonds is 3. The Bertz CT molecular complexity index is 683. The summed E-state index contributed by atoms with van der Waals surface area (Å²) in [6, 6.07) is 11.1. The number of hydrogen-bond acceptors (Lipinski definition) is 2. The first-order valence-electron chi connectivity index (χ1n) is 5.89. The molecular weight excluding hydrogens is 278 g/mol. The van der Waals surface area contributed by atoms with Gasteiger partial charge in [-0.05, 0) is 42.8 Å². The van der Waals surface area contributed by atoms with E-state index in [9.17, 15) is 9.59 Å². The van der Waals surface area contributed by atoms with Gasteiger partial charge in [0.1, 0.15) is 0 Å². The normalized spacial score (nSPS) is 10.1. The maximum Gasteiger partial charge on any atom is 0.335 e. The molecule has 1 amide bonds. The minimum absolute atomic E-state index is 0.116. The molecule has 0 aromatic heterocycles. The summed E-state index contributed by atoms with van der Waals surface area (Å²) < 4.78 is 0. The highest BCUT2D eigenvalue weighted by Gasteiger charge is 2.12. The van der Waals surface area contributed by atoms with Crippen molar-refractivity contribution in [2.75, 3.05) is 5.32 Å². The van der Waals surface area contributed by atoms with Gasteiger partial charge in [-0.2, -0.15) is 0 Å². The molecule has 2 N–H and O–H groups in total. The van der Waals surface area contributed by atoms with Crippen molar-refractivity contribution in [1.29, 1.82) is 0 Å². The monoisotopic (exact) mass is 289 g/mol. The molecule has 20 heavy (non-hydrogen) atoms. The van der Waals surface area contributed by atoms with Crippen molar-refractivity contribution in [3.05, 3.63) is 64.2 Å². The Morgan fingerprint density at radius 3 is 2.55 bits per heavy atom. The van der Waals surface area contributed by atoms with Gasteiger partial charge in [-0.1, -0.05) is 23.7 Å². The van der Waals surface area contributed by atoms with Gasteiger partial charge in [-0.3, -0.25) is 4.79 Å².